The fourth-order valence-corrected chi connectivity index (χ4v) is 3.57. The van der Waals surface area contributed by atoms with E-state index in [4.69, 9.17) is 21.2 Å². The van der Waals surface area contributed by atoms with Crippen LogP contribution in [0.2, 0.25) is 0 Å². The minimum atomic E-state index is -3.82. The first kappa shape index (κ1) is 15.7. The van der Waals surface area contributed by atoms with Crippen molar-refractivity contribution in [3.8, 4) is 5.75 Å². The van der Waals surface area contributed by atoms with Crippen LogP contribution in [0.1, 0.15) is 6.42 Å². The maximum Gasteiger partial charge on any atom is 0.261 e. The predicted molar refractivity (Wildman–Crippen MR) is 74.2 cm³/mol. The van der Waals surface area contributed by atoms with Gasteiger partial charge in [0, 0.05) is 10.7 Å². The van der Waals surface area contributed by atoms with E-state index >= 15 is 0 Å². The Labute approximate surface area is 125 Å². The molecule has 0 unspecified atom stereocenters. The van der Waals surface area contributed by atoms with E-state index in [1.807, 2.05) is 0 Å². The minimum Gasteiger partial charge on any atom is -0.491 e. The van der Waals surface area contributed by atoms with Gasteiger partial charge in [-0.3, -0.25) is 4.79 Å². The lowest BCUT2D eigenvalue weighted by molar-refractivity contribution is -0.118. The van der Waals surface area contributed by atoms with Crippen LogP contribution in [0.5, 0.6) is 5.75 Å². The average Bonchev–Trinajstić information content (AvgIpc) is 2.20. The molecule has 1 rings (SSSR count). The van der Waals surface area contributed by atoms with Crippen molar-refractivity contribution in [3.63, 3.8) is 0 Å². The lowest BCUT2D eigenvalue weighted by atomic mass is 10.3. The lowest BCUT2D eigenvalue weighted by Gasteiger charge is -2.10. The number of amides is 1. The first-order valence-corrected chi connectivity index (χ1v) is 8.46. The molecular formula is C9H8Br2ClNO4S. The number of hydrogen-bond donors (Lipinski definition) is 1. The second kappa shape index (κ2) is 6.23. The lowest BCUT2D eigenvalue weighted by Crippen LogP contribution is -2.14. The van der Waals surface area contributed by atoms with Gasteiger partial charge in [-0.05, 0) is 44.0 Å². The molecule has 0 fully saturated rings. The van der Waals surface area contributed by atoms with Crippen LogP contribution in [0.3, 0.4) is 0 Å². The summed E-state index contributed by atoms with van der Waals surface area (Å²) in [6.07, 6.45) is 0.0639. The van der Waals surface area contributed by atoms with Crippen LogP contribution in [-0.4, -0.2) is 20.9 Å². The number of carbonyl (C=O) groups is 1. The second-order valence-corrected chi connectivity index (χ2v) is 7.49. The summed E-state index contributed by atoms with van der Waals surface area (Å²) in [6, 6.07) is 2.62. The third kappa shape index (κ3) is 4.42. The summed E-state index contributed by atoms with van der Waals surface area (Å²) in [4.78, 5) is 10.5. The Hall–Kier alpha value is -0.310. The van der Waals surface area contributed by atoms with E-state index in [0.717, 1.165) is 0 Å². The number of benzene rings is 1. The monoisotopic (exact) mass is 419 g/mol. The number of primary amides is 1. The predicted octanol–water partition coefficient (Wildman–Crippen LogP) is 2.39. The fourth-order valence-electron chi connectivity index (χ4n) is 1.07. The maximum atomic E-state index is 11.2. The fraction of sp³-hybridized carbons (Fsp3) is 0.222. The molecule has 0 saturated heterocycles. The molecule has 1 aromatic carbocycles. The average molecular weight is 421 g/mol. The molecule has 0 spiro atoms. The summed E-state index contributed by atoms with van der Waals surface area (Å²) in [7, 11) is 1.41. The smallest absolute Gasteiger partial charge is 0.261 e. The van der Waals surface area contributed by atoms with Crippen molar-refractivity contribution >= 4 is 57.5 Å². The van der Waals surface area contributed by atoms with Crippen molar-refractivity contribution in [3.05, 3.63) is 21.1 Å². The van der Waals surface area contributed by atoms with Crippen molar-refractivity contribution in [1.29, 1.82) is 0 Å². The highest BCUT2D eigenvalue weighted by molar-refractivity contribution is 9.11. The molecular weight excluding hydrogens is 413 g/mol. The Kier molecular flexibility index (Phi) is 5.45. The molecule has 2 N–H and O–H groups in total. The molecule has 0 aromatic heterocycles. The van der Waals surface area contributed by atoms with Crippen LogP contribution in [0, 0.1) is 0 Å². The van der Waals surface area contributed by atoms with Crippen LogP contribution in [0.15, 0.2) is 26.0 Å². The molecule has 100 valence electrons. The van der Waals surface area contributed by atoms with Gasteiger partial charge < -0.3 is 10.5 Å². The number of rotatable bonds is 5. The standard InChI is InChI=1S/C9H8Br2ClNO4S/c10-6-3-5(18(12,15)16)4-7(11)9(6)17-2-1-8(13)14/h3-4H,1-2H2,(H2,13,14). The van der Waals surface area contributed by atoms with Gasteiger partial charge in [0.25, 0.3) is 9.05 Å². The maximum absolute atomic E-state index is 11.2. The highest BCUT2D eigenvalue weighted by atomic mass is 79.9. The van der Waals surface area contributed by atoms with Crippen LogP contribution >= 0.6 is 42.5 Å². The van der Waals surface area contributed by atoms with Crippen LogP contribution in [0.25, 0.3) is 0 Å². The van der Waals surface area contributed by atoms with Crippen molar-refractivity contribution in [1.82, 2.24) is 0 Å². The van der Waals surface area contributed by atoms with Crippen LogP contribution in [-0.2, 0) is 13.8 Å². The summed E-state index contributed by atoms with van der Waals surface area (Å²) < 4.78 is 28.5. The van der Waals surface area contributed by atoms with E-state index in [1.54, 1.807) is 0 Å². The quantitative estimate of drug-likeness (QED) is 0.740. The number of ether oxygens (including phenoxy) is 1. The zero-order chi connectivity index (χ0) is 13.9. The Balaban J connectivity index is 2.99. The van der Waals surface area contributed by atoms with Gasteiger partial charge >= 0.3 is 0 Å². The molecule has 0 aliphatic carbocycles. The molecule has 5 nitrogen and oxygen atoms in total. The molecule has 0 bridgehead atoms. The van der Waals surface area contributed by atoms with Gasteiger partial charge in [0.2, 0.25) is 5.91 Å². The van der Waals surface area contributed by atoms with Gasteiger partial charge in [-0.25, -0.2) is 8.42 Å². The highest BCUT2D eigenvalue weighted by Gasteiger charge is 2.16. The summed E-state index contributed by atoms with van der Waals surface area (Å²) in [5.41, 5.74) is 4.97. The number of halogens is 3. The second-order valence-electron chi connectivity index (χ2n) is 3.22. The molecule has 1 aromatic rings. The highest BCUT2D eigenvalue weighted by Crippen LogP contribution is 2.36. The van der Waals surface area contributed by atoms with E-state index in [-0.39, 0.29) is 17.9 Å². The number of hydrogen-bond acceptors (Lipinski definition) is 4. The third-order valence-electron chi connectivity index (χ3n) is 1.85. The number of nitrogens with two attached hydrogens (primary N) is 1. The van der Waals surface area contributed by atoms with Crippen molar-refractivity contribution in [2.75, 3.05) is 6.61 Å². The largest absolute Gasteiger partial charge is 0.491 e. The van der Waals surface area contributed by atoms with Gasteiger partial charge in [0.05, 0.1) is 26.9 Å². The SMILES string of the molecule is NC(=O)CCOc1c(Br)cc(S(=O)(=O)Cl)cc1Br. The normalized spacial score (nSPS) is 11.3. The van der Waals surface area contributed by atoms with Gasteiger partial charge in [-0.2, -0.15) is 0 Å². The van der Waals surface area contributed by atoms with E-state index in [2.05, 4.69) is 31.9 Å². The Morgan fingerprint density at radius 1 is 1.33 bits per heavy atom. The van der Waals surface area contributed by atoms with E-state index in [9.17, 15) is 13.2 Å². The molecule has 9 heteroatoms. The van der Waals surface area contributed by atoms with Crippen molar-refractivity contribution in [2.45, 2.75) is 11.3 Å². The van der Waals surface area contributed by atoms with E-state index in [1.165, 1.54) is 12.1 Å². The van der Waals surface area contributed by atoms with Gasteiger partial charge in [-0.1, -0.05) is 0 Å². The van der Waals surface area contributed by atoms with Crippen molar-refractivity contribution < 1.29 is 17.9 Å². The molecule has 1 amide bonds. The zero-order valence-corrected chi connectivity index (χ0v) is 13.6. The molecule has 0 saturated carbocycles. The molecule has 18 heavy (non-hydrogen) atoms. The Morgan fingerprint density at radius 2 is 1.83 bits per heavy atom. The van der Waals surface area contributed by atoms with Crippen molar-refractivity contribution in [2.24, 2.45) is 5.73 Å². The van der Waals surface area contributed by atoms with Gasteiger partial charge in [0.15, 0.2) is 0 Å². The molecule has 0 atom stereocenters. The minimum absolute atomic E-state index is 0.0639. The Bertz CT molecular complexity index is 553. The zero-order valence-electron chi connectivity index (χ0n) is 8.82. The van der Waals surface area contributed by atoms with Crippen LogP contribution < -0.4 is 10.5 Å². The summed E-state index contributed by atoms with van der Waals surface area (Å²) in [5, 5.41) is 0. The molecule has 0 radical (unpaired) electrons. The third-order valence-corrected chi connectivity index (χ3v) is 4.36. The van der Waals surface area contributed by atoms with E-state index < -0.39 is 15.0 Å². The topological polar surface area (TPSA) is 86.5 Å². The Morgan fingerprint density at radius 3 is 2.22 bits per heavy atom. The van der Waals surface area contributed by atoms with Gasteiger partial charge in [0.1, 0.15) is 5.75 Å². The van der Waals surface area contributed by atoms with Gasteiger partial charge in [-0.15, -0.1) is 0 Å². The summed E-state index contributed by atoms with van der Waals surface area (Å²) in [5.74, 6) is -0.109. The molecule has 0 aliphatic heterocycles. The molecule has 0 heterocycles. The van der Waals surface area contributed by atoms with E-state index in [0.29, 0.717) is 14.7 Å². The number of carbonyl (C=O) groups excluding carboxylic acids is 1. The molecule has 0 aliphatic rings. The first-order valence-electron chi connectivity index (χ1n) is 4.56. The summed E-state index contributed by atoms with van der Waals surface area (Å²) >= 11 is 6.33. The first-order chi connectivity index (χ1) is 8.21. The summed E-state index contributed by atoms with van der Waals surface area (Å²) in [6.45, 7) is 0.0967. The van der Waals surface area contributed by atoms with Crippen LogP contribution in [0.4, 0.5) is 0 Å².